The first-order valence-corrected chi connectivity index (χ1v) is 5.97. The van der Waals surface area contributed by atoms with Crippen LogP contribution >= 0.6 is 0 Å². The quantitative estimate of drug-likeness (QED) is 0.857. The van der Waals surface area contributed by atoms with E-state index >= 15 is 0 Å². The molecule has 1 aromatic rings. The summed E-state index contributed by atoms with van der Waals surface area (Å²) < 4.78 is 11.0. The number of nitrogens with zero attached hydrogens (tertiary/aromatic N) is 2. The zero-order chi connectivity index (χ0) is 12.3. The molecule has 17 heavy (non-hydrogen) atoms. The van der Waals surface area contributed by atoms with Crippen molar-refractivity contribution in [3.63, 3.8) is 0 Å². The van der Waals surface area contributed by atoms with Crippen LogP contribution in [0.3, 0.4) is 0 Å². The Kier molecular flexibility index (Phi) is 3.59. The van der Waals surface area contributed by atoms with Crippen molar-refractivity contribution in [2.24, 2.45) is 0 Å². The Morgan fingerprint density at radius 1 is 1.41 bits per heavy atom. The molecule has 0 aliphatic carbocycles. The Balaban J connectivity index is 2.38. The van der Waals surface area contributed by atoms with Gasteiger partial charge in [0.1, 0.15) is 11.4 Å². The summed E-state index contributed by atoms with van der Waals surface area (Å²) >= 11 is 0. The molecule has 0 radical (unpaired) electrons. The van der Waals surface area contributed by atoms with Crippen molar-refractivity contribution in [1.82, 2.24) is 9.97 Å². The van der Waals surface area contributed by atoms with Crippen LogP contribution in [-0.4, -0.2) is 30.3 Å². The Morgan fingerprint density at radius 2 is 2.12 bits per heavy atom. The van der Waals surface area contributed by atoms with Gasteiger partial charge in [-0.15, -0.1) is 0 Å². The summed E-state index contributed by atoms with van der Waals surface area (Å²) in [5, 5.41) is 0. The van der Waals surface area contributed by atoms with Gasteiger partial charge in [-0.1, -0.05) is 6.92 Å². The van der Waals surface area contributed by atoms with E-state index in [1.807, 2.05) is 6.07 Å². The average molecular weight is 237 g/mol. The summed E-state index contributed by atoms with van der Waals surface area (Å²) in [6, 6.07) is 1.81. The van der Waals surface area contributed by atoms with Gasteiger partial charge in [-0.25, -0.2) is 9.97 Å². The van der Waals surface area contributed by atoms with Crippen molar-refractivity contribution in [1.29, 1.82) is 0 Å². The maximum atomic E-state index is 5.82. The van der Waals surface area contributed by atoms with E-state index in [0.29, 0.717) is 24.9 Å². The van der Waals surface area contributed by atoms with Crippen LogP contribution in [0.25, 0.3) is 0 Å². The fourth-order valence-corrected chi connectivity index (χ4v) is 2.12. The van der Waals surface area contributed by atoms with Crippen LogP contribution in [0.4, 0.5) is 5.82 Å². The predicted molar refractivity (Wildman–Crippen MR) is 64.6 cm³/mol. The number of nitrogen functional groups attached to an aromatic ring is 1. The fourth-order valence-electron chi connectivity index (χ4n) is 2.12. The van der Waals surface area contributed by atoms with Gasteiger partial charge in [0.2, 0.25) is 0 Å². The Labute approximate surface area is 101 Å². The molecule has 1 saturated heterocycles. The lowest BCUT2D eigenvalue weighted by atomic mass is 9.93. The topological polar surface area (TPSA) is 70.3 Å². The van der Waals surface area contributed by atoms with Crippen molar-refractivity contribution in [3.05, 3.63) is 17.6 Å². The highest BCUT2D eigenvalue weighted by Crippen LogP contribution is 2.33. The molecule has 2 rings (SSSR count). The molecule has 0 amide bonds. The number of aryl methyl sites for hydroxylation is 1. The molecule has 1 fully saturated rings. The number of hydrogen-bond acceptors (Lipinski definition) is 5. The van der Waals surface area contributed by atoms with E-state index in [2.05, 4.69) is 16.9 Å². The maximum Gasteiger partial charge on any atom is 0.163 e. The zero-order valence-electron chi connectivity index (χ0n) is 10.4. The molecule has 1 aliphatic rings. The second kappa shape index (κ2) is 4.98. The lowest BCUT2D eigenvalue weighted by Crippen LogP contribution is -2.37. The molecule has 5 nitrogen and oxygen atoms in total. The second-order valence-electron chi connectivity index (χ2n) is 4.27. The van der Waals surface area contributed by atoms with Gasteiger partial charge in [-0.05, 0) is 6.42 Å². The number of methoxy groups -OCH3 is 1. The van der Waals surface area contributed by atoms with Crippen LogP contribution in [0.15, 0.2) is 6.07 Å². The first kappa shape index (κ1) is 12.3. The lowest BCUT2D eigenvalue weighted by molar-refractivity contribution is -0.1000. The standard InChI is InChI=1S/C12H19N3O2/c1-3-9-8-10(13)15-11(14-9)12(16-2)4-6-17-7-5-12/h8H,3-7H2,1-2H3,(H2,13,14,15). The van der Waals surface area contributed by atoms with Crippen molar-refractivity contribution in [2.45, 2.75) is 31.8 Å². The smallest absolute Gasteiger partial charge is 0.163 e. The van der Waals surface area contributed by atoms with Gasteiger partial charge in [-0.3, -0.25) is 0 Å². The number of rotatable bonds is 3. The van der Waals surface area contributed by atoms with Crippen molar-refractivity contribution < 1.29 is 9.47 Å². The van der Waals surface area contributed by atoms with Crippen LogP contribution in [0, 0.1) is 0 Å². The zero-order valence-corrected chi connectivity index (χ0v) is 10.4. The summed E-state index contributed by atoms with van der Waals surface area (Å²) in [6.07, 6.45) is 2.39. The fraction of sp³-hybridized carbons (Fsp3) is 0.667. The van der Waals surface area contributed by atoms with Gasteiger partial charge in [-0.2, -0.15) is 0 Å². The molecular formula is C12H19N3O2. The first-order chi connectivity index (χ1) is 8.20. The molecule has 2 heterocycles. The van der Waals surface area contributed by atoms with E-state index in [0.717, 1.165) is 25.0 Å². The normalized spacial score (nSPS) is 19.2. The average Bonchev–Trinajstić information content (AvgIpc) is 2.38. The van der Waals surface area contributed by atoms with E-state index in [4.69, 9.17) is 15.2 Å². The molecule has 94 valence electrons. The highest BCUT2D eigenvalue weighted by Gasteiger charge is 2.37. The van der Waals surface area contributed by atoms with Gasteiger partial charge in [0.25, 0.3) is 0 Å². The SMILES string of the molecule is CCc1cc(N)nc(C2(OC)CCOCC2)n1. The number of hydrogen-bond donors (Lipinski definition) is 1. The molecule has 0 saturated carbocycles. The highest BCUT2D eigenvalue weighted by atomic mass is 16.5. The van der Waals surface area contributed by atoms with Crippen molar-refractivity contribution in [3.8, 4) is 0 Å². The predicted octanol–water partition coefficient (Wildman–Crippen LogP) is 1.27. The van der Waals surface area contributed by atoms with Crippen LogP contribution in [-0.2, 0) is 21.5 Å². The minimum atomic E-state index is -0.433. The van der Waals surface area contributed by atoms with E-state index < -0.39 is 5.60 Å². The third-order valence-corrected chi connectivity index (χ3v) is 3.26. The molecular weight excluding hydrogens is 218 g/mol. The van der Waals surface area contributed by atoms with Gasteiger partial charge in [0.05, 0.1) is 0 Å². The lowest BCUT2D eigenvalue weighted by Gasteiger charge is -2.34. The van der Waals surface area contributed by atoms with Gasteiger partial charge in [0, 0.05) is 44.9 Å². The highest BCUT2D eigenvalue weighted by molar-refractivity contribution is 5.31. The van der Waals surface area contributed by atoms with Crippen LogP contribution in [0.5, 0.6) is 0 Å². The number of nitrogens with two attached hydrogens (primary N) is 1. The molecule has 1 aromatic heterocycles. The van der Waals surface area contributed by atoms with Crippen molar-refractivity contribution in [2.75, 3.05) is 26.1 Å². The first-order valence-electron chi connectivity index (χ1n) is 5.97. The Hall–Kier alpha value is -1.20. The summed E-state index contributed by atoms with van der Waals surface area (Å²) in [5.74, 6) is 1.20. The number of anilines is 1. The molecule has 5 heteroatoms. The number of ether oxygens (including phenoxy) is 2. The molecule has 1 aliphatic heterocycles. The monoisotopic (exact) mass is 237 g/mol. The minimum absolute atomic E-state index is 0.433. The third kappa shape index (κ3) is 2.40. The summed E-state index contributed by atoms with van der Waals surface area (Å²) in [7, 11) is 1.70. The van der Waals surface area contributed by atoms with Gasteiger partial charge < -0.3 is 15.2 Å². The van der Waals surface area contributed by atoms with Crippen molar-refractivity contribution >= 4 is 5.82 Å². The molecule has 0 unspecified atom stereocenters. The summed E-state index contributed by atoms with van der Waals surface area (Å²) in [6.45, 7) is 3.40. The minimum Gasteiger partial charge on any atom is -0.384 e. The number of aromatic nitrogens is 2. The molecule has 0 atom stereocenters. The summed E-state index contributed by atoms with van der Waals surface area (Å²) in [5.41, 5.74) is 6.34. The van der Waals surface area contributed by atoms with E-state index in [-0.39, 0.29) is 0 Å². The van der Waals surface area contributed by atoms with E-state index in [9.17, 15) is 0 Å². The van der Waals surface area contributed by atoms with E-state index in [1.165, 1.54) is 0 Å². The largest absolute Gasteiger partial charge is 0.384 e. The molecule has 0 bridgehead atoms. The second-order valence-corrected chi connectivity index (χ2v) is 4.27. The maximum absolute atomic E-state index is 5.82. The van der Waals surface area contributed by atoms with E-state index in [1.54, 1.807) is 7.11 Å². The van der Waals surface area contributed by atoms with Crippen LogP contribution < -0.4 is 5.73 Å². The van der Waals surface area contributed by atoms with Gasteiger partial charge >= 0.3 is 0 Å². The Morgan fingerprint density at radius 3 is 2.71 bits per heavy atom. The third-order valence-electron chi connectivity index (χ3n) is 3.26. The Bertz CT molecular complexity index is 389. The summed E-state index contributed by atoms with van der Waals surface area (Å²) in [4.78, 5) is 8.88. The van der Waals surface area contributed by atoms with Crippen LogP contribution in [0.1, 0.15) is 31.3 Å². The van der Waals surface area contributed by atoms with Crippen LogP contribution in [0.2, 0.25) is 0 Å². The van der Waals surface area contributed by atoms with Gasteiger partial charge in [0.15, 0.2) is 5.82 Å². The molecule has 0 spiro atoms. The molecule has 0 aromatic carbocycles. The molecule has 2 N–H and O–H groups in total.